The Labute approximate surface area is 108 Å². The van der Waals surface area contributed by atoms with E-state index in [0.29, 0.717) is 6.42 Å². The van der Waals surface area contributed by atoms with Crippen LogP contribution in [0.4, 0.5) is 0 Å². The molecule has 0 fully saturated rings. The zero-order valence-corrected chi connectivity index (χ0v) is 11.4. The minimum atomic E-state index is -3.17. The first-order chi connectivity index (χ1) is 8.57. The SMILES string of the molecule is CCCS(=O)(=O)NCC#Cc1ccc(OC)cc1. The van der Waals surface area contributed by atoms with Gasteiger partial charge >= 0.3 is 0 Å². The van der Waals surface area contributed by atoms with E-state index in [4.69, 9.17) is 4.74 Å². The largest absolute Gasteiger partial charge is 0.497 e. The quantitative estimate of drug-likeness (QED) is 0.820. The predicted molar refractivity (Wildman–Crippen MR) is 72.0 cm³/mol. The minimum absolute atomic E-state index is 0.133. The van der Waals surface area contributed by atoms with Crippen LogP contribution in [0.2, 0.25) is 0 Å². The van der Waals surface area contributed by atoms with E-state index in [1.807, 2.05) is 31.2 Å². The van der Waals surface area contributed by atoms with E-state index in [9.17, 15) is 8.42 Å². The number of benzene rings is 1. The molecule has 1 aromatic rings. The van der Waals surface area contributed by atoms with Crippen molar-refractivity contribution in [1.82, 2.24) is 4.72 Å². The Hall–Kier alpha value is -1.51. The fourth-order valence-corrected chi connectivity index (χ4v) is 2.28. The number of ether oxygens (including phenoxy) is 1. The topological polar surface area (TPSA) is 55.4 Å². The molecule has 0 aliphatic heterocycles. The molecule has 0 bridgehead atoms. The van der Waals surface area contributed by atoms with Crippen molar-refractivity contribution in [3.63, 3.8) is 0 Å². The first-order valence-electron chi connectivity index (χ1n) is 5.67. The Bertz CT molecular complexity index is 524. The van der Waals surface area contributed by atoms with Crippen LogP contribution in [-0.2, 0) is 10.0 Å². The molecule has 1 aromatic carbocycles. The van der Waals surface area contributed by atoms with Gasteiger partial charge in [-0.05, 0) is 30.7 Å². The average molecular weight is 267 g/mol. The van der Waals surface area contributed by atoms with Crippen LogP contribution in [0.15, 0.2) is 24.3 Å². The highest BCUT2D eigenvalue weighted by atomic mass is 32.2. The number of hydrogen-bond donors (Lipinski definition) is 1. The van der Waals surface area contributed by atoms with E-state index in [2.05, 4.69) is 16.6 Å². The van der Waals surface area contributed by atoms with Crippen LogP contribution in [-0.4, -0.2) is 27.8 Å². The van der Waals surface area contributed by atoms with E-state index in [0.717, 1.165) is 11.3 Å². The molecule has 0 saturated carbocycles. The highest BCUT2D eigenvalue weighted by Crippen LogP contribution is 2.09. The van der Waals surface area contributed by atoms with Crippen molar-refractivity contribution in [2.45, 2.75) is 13.3 Å². The third-order valence-corrected chi connectivity index (χ3v) is 3.71. The maximum atomic E-state index is 11.3. The fraction of sp³-hybridized carbons (Fsp3) is 0.385. The van der Waals surface area contributed by atoms with E-state index in [1.54, 1.807) is 7.11 Å². The molecule has 0 aromatic heterocycles. The summed E-state index contributed by atoms with van der Waals surface area (Å²) in [4.78, 5) is 0. The molecule has 0 unspecified atom stereocenters. The molecule has 18 heavy (non-hydrogen) atoms. The molecular formula is C13H17NO3S. The zero-order chi connectivity index (χ0) is 13.4. The lowest BCUT2D eigenvalue weighted by molar-refractivity contribution is 0.415. The van der Waals surface area contributed by atoms with Gasteiger partial charge in [-0.3, -0.25) is 0 Å². The molecule has 0 aliphatic rings. The summed E-state index contributed by atoms with van der Waals surface area (Å²) in [6, 6.07) is 7.27. The summed E-state index contributed by atoms with van der Waals surface area (Å²) in [5, 5.41) is 0. The summed E-state index contributed by atoms with van der Waals surface area (Å²) in [6.07, 6.45) is 0.598. The maximum absolute atomic E-state index is 11.3. The summed E-state index contributed by atoms with van der Waals surface area (Å²) in [6.45, 7) is 1.95. The van der Waals surface area contributed by atoms with Crippen LogP contribution in [0, 0.1) is 11.8 Å². The minimum Gasteiger partial charge on any atom is -0.497 e. The van der Waals surface area contributed by atoms with Crippen LogP contribution >= 0.6 is 0 Å². The van der Waals surface area contributed by atoms with E-state index < -0.39 is 10.0 Å². The third kappa shape index (κ3) is 5.21. The fourth-order valence-electron chi connectivity index (χ4n) is 1.31. The average Bonchev–Trinajstić information content (AvgIpc) is 2.35. The zero-order valence-electron chi connectivity index (χ0n) is 10.6. The molecular weight excluding hydrogens is 250 g/mol. The van der Waals surface area contributed by atoms with Gasteiger partial charge in [0.1, 0.15) is 5.75 Å². The summed E-state index contributed by atoms with van der Waals surface area (Å²) in [7, 11) is -1.57. The van der Waals surface area contributed by atoms with Gasteiger partial charge in [-0.1, -0.05) is 18.8 Å². The smallest absolute Gasteiger partial charge is 0.212 e. The molecule has 4 nitrogen and oxygen atoms in total. The van der Waals surface area contributed by atoms with E-state index >= 15 is 0 Å². The molecule has 98 valence electrons. The third-order valence-electron chi connectivity index (χ3n) is 2.18. The molecule has 1 N–H and O–H groups in total. The standard InChI is InChI=1S/C13H17NO3S/c1-3-11-18(15,16)14-10-4-5-12-6-8-13(17-2)9-7-12/h6-9,14H,3,10-11H2,1-2H3. The van der Waals surface area contributed by atoms with Crippen LogP contribution in [0.3, 0.4) is 0 Å². The highest BCUT2D eigenvalue weighted by molar-refractivity contribution is 7.89. The van der Waals surface area contributed by atoms with Crippen molar-refractivity contribution in [3.8, 4) is 17.6 Å². The molecule has 0 radical (unpaired) electrons. The number of methoxy groups -OCH3 is 1. The van der Waals surface area contributed by atoms with Crippen molar-refractivity contribution < 1.29 is 13.2 Å². The number of rotatable bonds is 5. The van der Waals surface area contributed by atoms with Crippen molar-refractivity contribution >= 4 is 10.0 Å². The van der Waals surface area contributed by atoms with Gasteiger partial charge in [0.2, 0.25) is 10.0 Å². The molecule has 0 saturated heterocycles. The van der Waals surface area contributed by atoms with Crippen molar-refractivity contribution in [3.05, 3.63) is 29.8 Å². The first kappa shape index (κ1) is 14.6. The second-order valence-electron chi connectivity index (χ2n) is 3.67. The van der Waals surface area contributed by atoms with Crippen LogP contribution in [0.1, 0.15) is 18.9 Å². The number of hydrogen-bond acceptors (Lipinski definition) is 3. The normalized spacial score (nSPS) is 10.6. The van der Waals surface area contributed by atoms with Gasteiger partial charge in [-0.2, -0.15) is 0 Å². The first-order valence-corrected chi connectivity index (χ1v) is 7.33. The highest BCUT2D eigenvalue weighted by Gasteiger charge is 2.05. The van der Waals surface area contributed by atoms with Gasteiger partial charge in [0.25, 0.3) is 0 Å². The van der Waals surface area contributed by atoms with Gasteiger partial charge in [0.05, 0.1) is 19.4 Å². The van der Waals surface area contributed by atoms with Gasteiger partial charge < -0.3 is 4.74 Å². The Kier molecular flexibility index (Phi) is 5.69. The molecule has 0 spiro atoms. The lowest BCUT2D eigenvalue weighted by atomic mass is 10.2. The molecule has 0 atom stereocenters. The molecule has 0 heterocycles. The summed E-state index contributed by atoms with van der Waals surface area (Å²) < 4.78 is 30.1. The Morgan fingerprint density at radius 3 is 2.50 bits per heavy atom. The summed E-state index contributed by atoms with van der Waals surface area (Å²) >= 11 is 0. The van der Waals surface area contributed by atoms with Crippen LogP contribution in [0.5, 0.6) is 5.75 Å². The van der Waals surface area contributed by atoms with E-state index in [-0.39, 0.29) is 12.3 Å². The Balaban J connectivity index is 2.51. The van der Waals surface area contributed by atoms with Gasteiger partial charge in [0.15, 0.2) is 0 Å². The van der Waals surface area contributed by atoms with Crippen LogP contribution < -0.4 is 9.46 Å². The monoisotopic (exact) mass is 267 g/mol. The second kappa shape index (κ2) is 7.04. The predicted octanol–water partition coefficient (Wildman–Crippen LogP) is 1.38. The maximum Gasteiger partial charge on any atom is 0.212 e. The Morgan fingerprint density at radius 1 is 1.28 bits per heavy atom. The lowest BCUT2D eigenvalue weighted by Crippen LogP contribution is -2.26. The van der Waals surface area contributed by atoms with Gasteiger partial charge in [0, 0.05) is 5.56 Å². The summed E-state index contributed by atoms with van der Waals surface area (Å²) in [5.74, 6) is 6.55. The molecule has 5 heteroatoms. The van der Waals surface area contributed by atoms with Crippen molar-refractivity contribution in [2.75, 3.05) is 19.4 Å². The van der Waals surface area contributed by atoms with E-state index in [1.165, 1.54) is 0 Å². The number of sulfonamides is 1. The van der Waals surface area contributed by atoms with Crippen molar-refractivity contribution in [2.24, 2.45) is 0 Å². The molecule has 0 aliphatic carbocycles. The Morgan fingerprint density at radius 2 is 1.94 bits per heavy atom. The number of nitrogens with one attached hydrogen (secondary N) is 1. The lowest BCUT2D eigenvalue weighted by Gasteiger charge is -2.00. The summed E-state index contributed by atoms with van der Waals surface area (Å²) in [5.41, 5.74) is 0.825. The molecule has 1 rings (SSSR count). The van der Waals surface area contributed by atoms with Crippen LogP contribution in [0.25, 0.3) is 0 Å². The van der Waals surface area contributed by atoms with Gasteiger partial charge in [-0.25, -0.2) is 13.1 Å². The molecule has 0 amide bonds. The van der Waals surface area contributed by atoms with Gasteiger partial charge in [-0.15, -0.1) is 0 Å². The van der Waals surface area contributed by atoms with Crippen molar-refractivity contribution in [1.29, 1.82) is 0 Å². The second-order valence-corrected chi connectivity index (χ2v) is 5.60.